The van der Waals surface area contributed by atoms with Crippen molar-refractivity contribution >= 4 is 189 Å². The Morgan fingerprint density at radius 3 is 0.544 bits per heavy atom. The van der Waals surface area contributed by atoms with E-state index in [1.165, 1.54) is 142 Å². The molecule has 0 aliphatic heterocycles. The van der Waals surface area contributed by atoms with Crippen LogP contribution in [0.3, 0.4) is 0 Å². The second-order valence-electron chi connectivity index (χ2n) is 38.1. The Morgan fingerprint density at radius 2 is 0.293 bits per heavy atom. The number of para-hydroxylation sites is 6. The van der Waals surface area contributed by atoms with Crippen LogP contribution in [0, 0.1) is 0 Å². The Balaban J connectivity index is 0.000000168. The Labute approximate surface area is 855 Å². The van der Waals surface area contributed by atoms with Crippen molar-refractivity contribution in [1.29, 1.82) is 0 Å². The van der Waals surface area contributed by atoms with Gasteiger partial charge in [-0.15, -0.1) is 0 Å². The summed E-state index contributed by atoms with van der Waals surface area (Å²) in [5, 5.41) is 19.4. The van der Waals surface area contributed by atoms with Gasteiger partial charge in [0.25, 0.3) is 0 Å². The van der Waals surface area contributed by atoms with Crippen LogP contribution in [0.5, 0.6) is 0 Å². The molecule has 690 valence electrons. The lowest BCUT2D eigenvalue weighted by molar-refractivity contribution is 0.793. The fraction of sp³-hybridized carbons (Fsp3) is 0.00709. The molecule has 0 saturated carbocycles. The molecule has 147 heavy (non-hydrogen) atoms. The first-order valence-corrected chi connectivity index (χ1v) is 50.6. The largest absolute Gasteiger partial charge is 0.310 e. The van der Waals surface area contributed by atoms with E-state index in [2.05, 4.69) is 612 Å². The van der Waals surface area contributed by atoms with Gasteiger partial charge in [0.05, 0.1) is 39.5 Å². The van der Waals surface area contributed by atoms with Gasteiger partial charge < -0.3 is 29.4 Å². The van der Waals surface area contributed by atoms with E-state index in [9.17, 15) is 0 Å². The van der Waals surface area contributed by atoms with Crippen LogP contribution in [0.4, 0.5) is 102 Å². The standard InChI is InChI=1S/C89H60N4.C52H36N2/c1-5-33-65(34-6-1)90(85-45-21-29-61-25-13-17-41-73(61)85)69-49-53-77-78-54-50-70(91(66-35-7-2-8-36-66)86-46-22-30-62-26-14-18-42-74(62)86)58-82(78)89(81(77)57-69)83-59-71(92(67-37-9-3-10-38-67)87-47-23-31-63-27-15-19-43-75(63)87)51-55-79(83)80-56-52-72(60-84(80)89)93(68-39-11-4-12-40-68)88-48-24-32-64-28-16-20-44-76(64)88;1-3-17-41(18-4-1)53(51-35-39-15-7-9-21-45(39)47-23-11-13-25-49(47)51)43-31-27-37(28-32-43)38-29-33-44(34-30-38)54(42-19-5-2-6-20-42)52-36-40-16-8-10-22-46(40)48-24-12-14-26-50(48)52/h1-60H;1-36H. The molecule has 0 bridgehead atoms. The number of hydrogen-bond donors (Lipinski definition) is 0. The van der Waals surface area contributed by atoms with Gasteiger partial charge in [0.15, 0.2) is 0 Å². The molecular weight excluding hydrogens is 1780 g/mol. The van der Waals surface area contributed by atoms with E-state index < -0.39 is 5.41 Å². The first-order valence-electron chi connectivity index (χ1n) is 50.6. The number of benzene rings is 26. The number of anilines is 18. The third-order valence-electron chi connectivity index (χ3n) is 29.9. The van der Waals surface area contributed by atoms with E-state index in [0.717, 1.165) is 102 Å². The van der Waals surface area contributed by atoms with Crippen molar-refractivity contribution in [1.82, 2.24) is 0 Å². The molecule has 28 rings (SSSR count). The Hall–Kier alpha value is -19.4. The van der Waals surface area contributed by atoms with Gasteiger partial charge in [0.2, 0.25) is 0 Å². The van der Waals surface area contributed by atoms with Gasteiger partial charge in [0.1, 0.15) is 0 Å². The zero-order chi connectivity index (χ0) is 97.2. The molecule has 1 spiro atoms. The van der Waals surface area contributed by atoms with Gasteiger partial charge in [-0.2, -0.15) is 0 Å². The first kappa shape index (κ1) is 86.7. The van der Waals surface area contributed by atoms with Gasteiger partial charge in [-0.3, -0.25) is 0 Å². The molecule has 0 aromatic heterocycles. The van der Waals surface area contributed by atoms with E-state index in [0.29, 0.717) is 0 Å². The predicted molar refractivity (Wildman–Crippen MR) is 623 cm³/mol. The molecule has 0 heterocycles. The molecule has 0 radical (unpaired) electrons. The van der Waals surface area contributed by atoms with Crippen LogP contribution in [0.2, 0.25) is 0 Å². The minimum absolute atomic E-state index is 0.919. The van der Waals surface area contributed by atoms with Gasteiger partial charge in [-0.05, 0) is 291 Å². The van der Waals surface area contributed by atoms with E-state index in [4.69, 9.17) is 0 Å². The molecule has 6 nitrogen and oxygen atoms in total. The smallest absolute Gasteiger partial charge is 0.0728 e. The van der Waals surface area contributed by atoms with Crippen LogP contribution in [-0.2, 0) is 5.41 Å². The molecular formula is C141H96N6. The molecule has 26 aromatic carbocycles. The summed E-state index contributed by atoms with van der Waals surface area (Å²) in [6.07, 6.45) is 0. The zero-order valence-electron chi connectivity index (χ0n) is 80.6. The number of fused-ring (bicyclic) bond motifs is 20. The second-order valence-corrected chi connectivity index (χ2v) is 38.1. The molecule has 0 N–H and O–H groups in total. The average Bonchev–Trinajstić information content (AvgIpc) is 1.50. The van der Waals surface area contributed by atoms with Crippen molar-refractivity contribution in [2.75, 3.05) is 29.4 Å². The van der Waals surface area contributed by atoms with Crippen LogP contribution in [0.15, 0.2) is 582 Å². The Morgan fingerprint density at radius 1 is 0.109 bits per heavy atom. The summed E-state index contributed by atoms with van der Waals surface area (Å²) < 4.78 is 0. The SMILES string of the molecule is c1ccc(N(c2ccc(-c3ccc(N(c4ccccc4)c4cc5ccccc5c5ccccc45)cc3)cc2)c2cc3ccccc3c3ccccc23)cc1.c1ccc(N(c2ccc3c(c2)C2(c4cc(N(c5ccccc5)c5cccc6ccccc56)ccc4-3)c3cc(N(c4ccccc4)c4cccc5ccccc45)ccc3-c3ccc(N(c4ccccc4)c4cccc5ccccc45)cc32)c2cccc3ccccc23)cc1. The maximum Gasteiger partial charge on any atom is 0.0728 e. The normalized spacial score (nSPS) is 12.0. The third kappa shape index (κ3) is 15.1. The molecule has 0 atom stereocenters. The first-order chi connectivity index (χ1) is 72.9. The van der Waals surface area contributed by atoms with Crippen LogP contribution >= 0.6 is 0 Å². The highest BCUT2D eigenvalue weighted by atomic mass is 15.2. The van der Waals surface area contributed by atoms with E-state index in [-0.39, 0.29) is 0 Å². The fourth-order valence-electron chi connectivity index (χ4n) is 23.4. The Kier molecular flexibility index (Phi) is 21.8. The van der Waals surface area contributed by atoms with Crippen molar-refractivity contribution in [3.63, 3.8) is 0 Å². The summed E-state index contributed by atoms with van der Waals surface area (Å²) in [5.41, 5.74) is 30.9. The molecule has 2 aliphatic rings. The third-order valence-corrected chi connectivity index (χ3v) is 29.9. The van der Waals surface area contributed by atoms with Gasteiger partial charge in [-0.25, -0.2) is 0 Å². The lowest BCUT2D eigenvalue weighted by Gasteiger charge is -2.35. The maximum absolute atomic E-state index is 2.54. The van der Waals surface area contributed by atoms with Crippen molar-refractivity contribution in [3.8, 4) is 33.4 Å². The van der Waals surface area contributed by atoms with Gasteiger partial charge >= 0.3 is 0 Å². The number of nitrogens with zero attached hydrogens (tertiary/aromatic N) is 6. The molecule has 2 aliphatic carbocycles. The average molecular weight is 1870 g/mol. The van der Waals surface area contributed by atoms with Crippen LogP contribution in [-0.4, -0.2) is 0 Å². The second kappa shape index (κ2) is 36.9. The topological polar surface area (TPSA) is 19.4 Å². The monoisotopic (exact) mass is 1870 g/mol. The quantitative estimate of drug-likeness (QED) is 0.0746. The molecule has 0 amide bonds. The van der Waals surface area contributed by atoms with Crippen molar-refractivity contribution in [3.05, 3.63) is 605 Å². The fourth-order valence-corrected chi connectivity index (χ4v) is 23.4. The summed E-state index contributed by atoms with van der Waals surface area (Å²) >= 11 is 0. The highest BCUT2D eigenvalue weighted by molar-refractivity contribution is 6.17. The van der Waals surface area contributed by atoms with E-state index >= 15 is 0 Å². The summed E-state index contributed by atoms with van der Waals surface area (Å²) in [6, 6.07) is 214. The molecule has 26 aromatic rings. The highest BCUT2D eigenvalue weighted by Crippen LogP contribution is 2.66. The van der Waals surface area contributed by atoms with Crippen molar-refractivity contribution in [2.45, 2.75) is 5.41 Å². The summed E-state index contributed by atoms with van der Waals surface area (Å²) in [5.74, 6) is 0. The number of hydrogen-bond acceptors (Lipinski definition) is 6. The van der Waals surface area contributed by atoms with Crippen LogP contribution < -0.4 is 29.4 Å². The lowest BCUT2D eigenvalue weighted by atomic mass is 9.70. The zero-order valence-corrected chi connectivity index (χ0v) is 80.6. The van der Waals surface area contributed by atoms with Crippen molar-refractivity contribution < 1.29 is 0 Å². The van der Waals surface area contributed by atoms with Crippen molar-refractivity contribution in [2.24, 2.45) is 0 Å². The van der Waals surface area contributed by atoms with E-state index in [1.807, 2.05) is 0 Å². The van der Waals surface area contributed by atoms with Gasteiger partial charge in [-0.1, -0.05) is 400 Å². The lowest BCUT2D eigenvalue weighted by Crippen LogP contribution is -2.27. The molecule has 0 saturated heterocycles. The summed E-state index contributed by atoms with van der Waals surface area (Å²) in [4.78, 5) is 14.7. The minimum atomic E-state index is -0.919. The Bertz CT molecular complexity index is 8600. The predicted octanol–water partition coefficient (Wildman–Crippen LogP) is 39.4. The minimum Gasteiger partial charge on any atom is -0.310 e. The molecule has 6 heteroatoms. The van der Waals surface area contributed by atoms with E-state index in [1.54, 1.807) is 0 Å². The van der Waals surface area contributed by atoms with Gasteiger partial charge in [0, 0.05) is 101 Å². The summed E-state index contributed by atoms with van der Waals surface area (Å²) in [6.45, 7) is 0. The molecule has 0 fully saturated rings. The molecule has 0 unspecified atom stereocenters. The van der Waals surface area contributed by atoms with Crippen LogP contribution in [0.25, 0.3) is 120 Å². The van der Waals surface area contributed by atoms with Crippen LogP contribution in [0.1, 0.15) is 22.3 Å². The number of rotatable bonds is 19. The maximum atomic E-state index is 2.54. The highest BCUT2D eigenvalue weighted by Gasteiger charge is 2.53. The summed E-state index contributed by atoms with van der Waals surface area (Å²) in [7, 11) is 0.